The van der Waals surface area contributed by atoms with E-state index in [1.165, 1.54) is 37.3 Å². The molecule has 0 spiro atoms. The van der Waals surface area contributed by atoms with E-state index in [9.17, 15) is 31.9 Å². The summed E-state index contributed by atoms with van der Waals surface area (Å²) in [6.07, 6.45) is -4.68. The SMILES string of the molecule is COC(=O)[C@@H](Cc1ccc(C(F)(F)F)cc1)NC(=O)[C@H](Cc1cccc(F)c1)NC(C)=O. The Morgan fingerprint density at radius 1 is 0.938 bits per heavy atom. The Hall–Kier alpha value is -3.43. The van der Waals surface area contributed by atoms with E-state index >= 15 is 0 Å². The summed E-state index contributed by atoms with van der Waals surface area (Å²) in [6, 6.07) is 7.27. The first kappa shape index (κ1) is 24.8. The van der Waals surface area contributed by atoms with Gasteiger partial charge in [-0.15, -0.1) is 0 Å². The highest BCUT2D eigenvalue weighted by Gasteiger charge is 2.31. The third-order valence-electron chi connectivity index (χ3n) is 4.55. The Morgan fingerprint density at radius 3 is 2.09 bits per heavy atom. The second-order valence-corrected chi connectivity index (χ2v) is 7.07. The van der Waals surface area contributed by atoms with Crippen LogP contribution >= 0.6 is 0 Å². The van der Waals surface area contributed by atoms with Crippen LogP contribution < -0.4 is 10.6 Å². The minimum Gasteiger partial charge on any atom is -0.467 e. The van der Waals surface area contributed by atoms with Crippen molar-refractivity contribution in [3.05, 3.63) is 71.0 Å². The fourth-order valence-electron chi connectivity index (χ4n) is 3.03. The van der Waals surface area contributed by atoms with Gasteiger partial charge in [-0.1, -0.05) is 24.3 Å². The zero-order valence-electron chi connectivity index (χ0n) is 17.3. The molecule has 2 atom stereocenters. The number of ether oxygens (including phenoxy) is 1. The molecule has 0 aromatic heterocycles. The zero-order valence-corrected chi connectivity index (χ0v) is 17.3. The van der Waals surface area contributed by atoms with Gasteiger partial charge in [-0.05, 0) is 35.4 Å². The van der Waals surface area contributed by atoms with Crippen LogP contribution in [0.25, 0.3) is 0 Å². The first-order valence-corrected chi connectivity index (χ1v) is 9.55. The summed E-state index contributed by atoms with van der Waals surface area (Å²) in [5, 5.41) is 4.90. The number of alkyl halides is 3. The molecule has 172 valence electrons. The number of nitrogens with one attached hydrogen (secondary N) is 2. The van der Waals surface area contributed by atoms with Crippen molar-refractivity contribution in [1.82, 2.24) is 10.6 Å². The van der Waals surface area contributed by atoms with Gasteiger partial charge in [-0.3, -0.25) is 9.59 Å². The van der Waals surface area contributed by atoms with Gasteiger partial charge >= 0.3 is 12.1 Å². The number of carbonyl (C=O) groups is 3. The molecule has 0 bridgehead atoms. The second-order valence-electron chi connectivity index (χ2n) is 7.07. The van der Waals surface area contributed by atoms with Crippen LogP contribution in [0, 0.1) is 5.82 Å². The van der Waals surface area contributed by atoms with Gasteiger partial charge in [-0.2, -0.15) is 13.2 Å². The van der Waals surface area contributed by atoms with Crippen LogP contribution in [0.15, 0.2) is 48.5 Å². The molecule has 0 fully saturated rings. The van der Waals surface area contributed by atoms with E-state index in [0.29, 0.717) is 11.1 Å². The highest BCUT2D eigenvalue weighted by atomic mass is 19.4. The van der Waals surface area contributed by atoms with Gasteiger partial charge in [0.2, 0.25) is 11.8 Å². The first-order valence-electron chi connectivity index (χ1n) is 9.55. The molecule has 2 aromatic rings. The average Bonchev–Trinajstić information content (AvgIpc) is 2.71. The standard InChI is InChI=1S/C22H22F4N2O4/c1-13(29)27-18(12-15-4-3-5-17(23)10-15)20(30)28-19(21(31)32-2)11-14-6-8-16(9-7-14)22(24,25)26/h3-10,18-19H,11-12H2,1-2H3,(H,27,29)(H,28,30)/t18-,19+/m0/s1. The van der Waals surface area contributed by atoms with Crippen LogP contribution in [0.1, 0.15) is 23.6 Å². The Kier molecular flexibility index (Phi) is 8.34. The van der Waals surface area contributed by atoms with E-state index in [1.54, 1.807) is 6.07 Å². The van der Waals surface area contributed by atoms with Crippen molar-refractivity contribution < 1.29 is 36.7 Å². The van der Waals surface area contributed by atoms with E-state index in [4.69, 9.17) is 0 Å². The molecule has 10 heteroatoms. The van der Waals surface area contributed by atoms with E-state index < -0.39 is 47.4 Å². The third-order valence-corrected chi connectivity index (χ3v) is 4.55. The summed E-state index contributed by atoms with van der Waals surface area (Å²) in [6.45, 7) is 1.20. The van der Waals surface area contributed by atoms with Gasteiger partial charge in [0.25, 0.3) is 0 Å². The predicted molar refractivity (Wildman–Crippen MR) is 107 cm³/mol. The molecule has 0 radical (unpaired) electrons. The van der Waals surface area contributed by atoms with Gasteiger partial charge in [0.05, 0.1) is 12.7 Å². The van der Waals surface area contributed by atoms with Crippen LogP contribution in [-0.4, -0.2) is 37.0 Å². The van der Waals surface area contributed by atoms with Crippen molar-refractivity contribution in [2.24, 2.45) is 0 Å². The normalized spacial score (nSPS) is 13.1. The number of esters is 1. The molecule has 2 aromatic carbocycles. The first-order chi connectivity index (χ1) is 15.0. The molecule has 0 saturated carbocycles. The molecule has 0 aliphatic rings. The van der Waals surface area contributed by atoms with Crippen molar-refractivity contribution in [1.29, 1.82) is 0 Å². The van der Waals surface area contributed by atoms with E-state index in [-0.39, 0.29) is 12.8 Å². The van der Waals surface area contributed by atoms with Crippen LogP contribution in [0.5, 0.6) is 0 Å². The lowest BCUT2D eigenvalue weighted by Gasteiger charge is -2.22. The van der Waals surface area contributed by atoms with Gasteiger partial charge < -0.3 is 15.4 Å². The lowest BCUT2D eigenvalue weighted by molar-refractivity contribution is -0.145. The lowest BCUT2D eigenvalue weighted by atomic mass is 10.0. The topological polar surface area (TPSA) is 84.5 Å². The van der Waals surface area contributed by atoms with Crippen LogP contribution in [0.4, 0.5) is 17.6 Å². The molecular weight excluding hydrogens is 432 g/mol. The highest BCUT2D eigenvalue weighted by molar-refractivity contribution is 5.90. The van der Waals surface area contributed by atoms with Gasteiger partial charge in [0, 0.05) is 19.8 Å². The number of amides is 2. The Labute approximate surface area is 181 Å². The lowest BCUT2D eigenvalue weighted by Crippen LogP contribution is -2.53. The predicted octanol–water partition coefficient (Wildman–Crippen LogP) is 2.79. The summed E-state index contributed by atoms with van der Waals surface area (Å²) >= 11 is 0. The monoisotopic (exact) mass is 454 g/mol. The smallest absolute Gasteiger partial charge is 0.416 e. The minimum absolute atomic E-state index is 0.0443. The van der Waals surface area contributed by atoms with Crippen LogP contribution in [0.3, 0.4) is 0 Å². The molecular formula is C22H22F4N2O4. The zero-order chi connectivity index (χ0) is 23.9. The van der Waals surface area contributed by atoms with Gasteiger partial charge in [-0.25, -0.2) is 9.18 Å². The molecule has 0 unspecified atom stereocenters. The fourth-order valence-corrected chi connectivity index (χ4v) is 3.03. The van der Waals surface area contributed by atoms with Crippen LogP contribution in [-0.2, 0) is 38.1 Å². The molecule has 2 amide bonds. The largest absolute Gasteiger partial charge is 0.467 e. The number of benzene rings is 2. The van der Waals surface area contributed by atoms with Crippen molar-refractivity contribution in [2.75, 3.05) is 7.11 Å². The molecule has 0 heterocycles. The molecule has 2 rings (SSSR count). The maximum Gasteiger partial charge on any atom is 0.416 e. The Morgan fingerprint density at radius 2 is 1.56 bits per heavy atom. The number of rotatable bonds is 8. The number of carbonyl (C=O) groups excluding carboxylic acids is 3. The average molecular weight is 454 g/mol. The maximum atomic E-state index is 13.5. The maximum absolute atomic E-state index is 13.5. The summed E-state index contributed by atoms with van der Waals surface area (Å²) < 4.78 is 56.4. The quantitative estimate of drug-likeness (QED) is 0.475. The van der Waals surface area contributed by atoms with Crippen LogP contribution in [0.2, 0.25) is 0 Å². The van der Waals surface area contributed by atoms with Crippen molar-refractivity contribution >= 4 is 17.8 Å². The summed E-state index contributed by atoms with van der Waals surface area (Å²) in [5.41, 5.74) is -0.0492. The number of halogens is 4. The Balaban J connectivity index is 2.18. The number of hydrogen-bond acceptors (Lipinski definition) is 4. The molecule has 0 aliphatic carbocycles. The highest BCUT2D eigenvalue weighted by Crippen LogP contribution is 2.29. The molecule has 2 N–H and O–H groups in total. The third kappa shape index (κ3) is 7.36. The minimum atomic E-state index is -4.50. The second kappa shape index (κ2) is 10.7. The van der Waals surface area contributed by atoms with Crippen molar-refractivity contribution in [2.45, 2.75) is 38.0 Å². The van der Waals surface area contributed by atoms with E-state index in [0.717, 1.165) is 19.2 Å². The summed E-state index contributed by atoms with van der Waals surface area (Å²) in [5.74, 6) is -2.57. The number of hydrogen-bond donors (Lipinski definition) is 2. The van der Waals surface area contributed by atoms with Crippen molar-refractivity contribution in [3.63, 3.8) is 0 Å². The van der Waals surface area contributed by atoms with Gasteiger partial charge in [0.15, 0.2) is 0 Å². The summed E-state index contributed by atoms with van der Waals surface area (Å²) in [7, 11) is 1.10. The van der Waals surface area contributed by atoms with Gasteiger partial charge in [0.1, 0.15) is 17.9 Å². The number of methoxy groups -OCH3 is 1. The molecule has 0 saturated heterocycles. The van der Waals surface area contributed by atoms with Crippen molar-refractivity contribution in [3.8, 4) is 0 Å². The Bertz CT molecular complexity index is 961. The summed E-state index contributed by atoms with van der Waals surface area (Å²) in [4.78, 5) is 36.5. The van der Waals surface area contributed by atoms with E-state index in [1.807, 2.05) is 0 Å². The fraction of sp³-hybridized carbons (Fsp3) is 0.318. The molecule has 0 aliphatic heterocycles. The molecule has 6 nitrogen and oxygen atoms in total. The molecule has 32 heavy (non-hydrogen) atoms. The van der Waals surface area contributed by atoms with E-state index in [2.05, 4.69) is 15.4 Å².